The number of hydrogen-bond acceptors (Lipinski definition) is 2. The van der Waals surface area contributed by atoms with Gasteiger partial charge in [0.15, 0.2) is 0 Å². The van der Waals surface area contributed by atoms with E-state index in [2.05, 4.69) is 31.0 Å². The second-order valence-electron chi connectivity index (χ2n) is 5.88. The molecule has 1 aliphatic heterocycles. The maximum absolute atomic E-state index is 3.51. The fraction of sp³-hybridized carbons (Fsp3) is 1.00. The molecule has 0 atom stereocenters. The summed E-state index contributed by atoms with van der Waals surface area (Å²) in [6.45, 7) is 11.9. The molecule has 2 heteroatoms. The zero-order valence-electron chi connectivity index (χ0n) is 9.19. The van der Waals surface area contributed by atoms with Crippen molar-refractivity contribution in [3.05, 3.63) is 0 Å². The molecule has 2 rings (SSSR count). The molecule has 0 radical (unpaired) electrons. The van der Waals surface area contributed by atoms with Gasteiger partial charge in [-0.3, -0.25) is 4.90 Å². The van der Waals surface area contributed by atoms with Crippen molar-refractivity contribution in [2.24, 2.45) is 5.41 Å². The highest BCUT2D eigenvalue weighted by Gasteiger charge is 2.49. The molecule has 0 aromatic rings. The molecule has 2 nitrogen and oxygen atoms in total. The molecule has 1 saturated carbocycles. The highest BCUT2D eigenvalue weighted by molar-refractivity contribution is 5.08. The summed E-state index contributed by atoms with van der Waals surface area (Å²) in [6, 6.07) is 0. The van der Waals surface area contributed by atoms with E-state index in [0.717, 1.165) is 0 Å². The minimum atomic E-state index is 0.451. The molecule has 0 aromatic carbocycles. The van der Waals surface area contributed by atoms with Crippen molar-refractivity contribution in [1.82, 2.24) is 10.2 Å². The Morgan fingerprint density at radius 1 is 1.31 bits per heavy atom. The van der Waals surface area contributed by atoms with Gasteiger partial charge in [-0.25, -0.2) is 0 Å². The van der Waals surface area contributed by atoms with E-state index >= 15 is 0 Å². The fourth-order valence-electron chi connectivity index (χ4n) is 2.34. The highest BCUT2D eigenvalue weighted by Crippen LogP contribution is 2.43. The molecule has 13 heavy (non-hydrogen) atoms. The van der Waals surface area contributed by atoms with Crippen LogP contribution in [-0.4, -0.2) is 36.6 Å². The van der Waals surface area contributed by atoms with E-state index in [-0.39, 0.29) is 0 Å². The van der Waals surface area contributed by atoms with Crippen LogP contribution in [0.3, 0.4) is 0 Å². The van der Waals surface area contributed by atoms with Crippen LogP contribution in [0.2, 0.25) is 0 Å². The first-order valence-electron chi connectivity index (χ1n) is 5.48. The van der Waals surface area contributed by atoms with Crippen LogP contribution in [0.1, 0.15) is 33.6 Å². The van der Waals surface area contributed by atoms with Crippen molar-refractivity contribution in [3.63, 3.8) is 0 Å². The third-order valence-electron chi connectivity index (χ3n) is 3.18. The number of rotatable bonds is 1. The minimum absolute atomic E-state index is 0.451. The van der Waals surface area contributed by atoms with E-state index in [1.165, 1.54) is 39.0 Å². The van der Waals surface area contributed by atoms with Gasteiger partial charge in [0.1, 0.15) is 0 Å². The first kappa shape index (κ1) is 9.47. The van der Waals surface area contributed by atoms with Gasteiger partial charge < -0.3 is 5.32 Å². The van der Waals surface area contributed by atoms with Gasteiger partial charge >= 0.3 is 0 Å². The quantitative estimate of drug-likeness (QED) is 0.660. The maximum atomic E-state index is 3.51. The lowest BCUT2D eigenvalue weighted by atomic mass is 9.94. The first-order chi connectivity index (χ1) is 6.02. The molecule has 2 aliphatic rings. The zero-order chi connectivity index (χ0) is 9.53. The summed E-state index contributed by atoms with van der Waals surface area (Å²) in [4.78, 5) is 2.71. The molecule has 0 unspecified atom stereocenters. The van der Waals surface area contributed by atoms with Crippen LogP contribution >= 0.6 is 0 Å². The van der Waals surface area contributed by atoms with Crippen molar-refractivity contribution in [1.29, 1.82) is 0 Å². The normalized spacial score (nSPS) is 27.9. The largest absolute Gasteiger partial charge is 0.314 e. The molecule has 1 N–H and O–H groups in total. The third kappa shape index (κ3) is 2.05. The van der Waals surface area contributed by atoms with Crippen LogP contribution in [0.4, 0.5) is 0 Å². The summed E-state index contributed by atoms with van der Waals surface area (Å²) < 4.78 is 0. The van der Waals surface area contributed by atoms with Crippen molar-refractivity contribution in [2.45, 2.75) is 39.2 Å². The molecule has 0 amide bonds. The molecule has 1 heterocycles. The fourth-order valence-corrected chi connectivity index (χ4v) is 2.34. The van der Waals surface area contributed by atoms with Gasteiger partial charge in [-0.05, 0) is 18.3 Å². The SMILES string of the molecule is CC(C)(C)CN1CCNCC12CC2. The van der Waals surface area contributed by atoms with Crippen molar-refractivity contribution >= 4 is 0 Å². The van der Waals surface area contributed by atoms with Crippen LogP contribution in [0.25, 0.3) is 0 Å². The molecule has 2 fully saturated rings. The number of nitrogens with zero attached hydrogens (tertiary/aromatic N) is 1. The van der Waals surface area contributed by atoms with Gasteiger partial charge in [0.25, 0.3) is 0 Å². The Morgan fingerprint density at radius 3 is 2.54 bits per heavy atom. The van der Waals surface area contributed by atoms with Crippen LogP contribution in [0, 0.1) is 5.41 Å². The van der Waals surface area contributed by atoms with Crippen LogP contribution in [0.5, 0.6) is 0 Å². The predicted molar refractivity (Wildman–Crippen MR) is 55.9 cm³/mol. The van der Waals surface area contributed by atoms with E-state index in [1.54, 1.807) is 0 Å². The van der Waals surface area contributed by atoms with E-state index in [4.69, 9.17) is 0 Å². The maximum Gasteiger partial charge on any atom is 0.0336 e. The van der Waals surface area contributed by atoms with Gasteiger partial charge in [0.2, 0.25) is 0 Å². The Hall–Kier alpha value is -0.0800. The van der Waals surface area contributed by atoms with Gasteiger partial charge in [0.05, 0.1) is 0 Å². The Morgan fingerprint density at radius 2 is 2.00 bits per heavy atom. The number of hydrogen-bond donors (Lipinski definition) is 1. The van der Waals surface area contributed by atoms with Crippen LogP contribution < -0.4 is 5.32 Å². The third-order valence-corrected chi connectivity index (χ3v) is 3.18. The van der Waals surface area contributed by atoms with Crippen LogP contribution in [0.15, 0.2) is 0 Å². The summed E-state index contributed by atoms with van der Waals surface area (Å²) in [5, 5.41) is 3.51. The molecule has 1 aliphatic carbocycles. The zero-order valence-corrected chi connectivity index (χ0v) is 9.19. The molecule has 76 valence electrons. The molecular weight excluding hydrogens is 160 g/mol. The first-order valence-corrected chi connectivity index (χ1v) is 5.48. The van der Waals surface area contributed by atoms with Gasteiger partial charge in [-0.2, -0.15) is 0 Å². The lowest BCUT2D eigenvalue weighted by Crippen LogP contribution is -2.55. The second kappa shape index (κ2) is 2.96. The lowest BCUT2D eigenvalue weighted by Gasteiger charge is -2.40. The molecular formula is C11H22N2. The molecule has 0 aromatic heterocycles. The average Bonchev–Trinajstić information content (AvgIpc) is 2.73. The minimum Gasteiger partial charge on any atom is -0.314 e. The van der Waals surface area contributed by atoms with Crippen molar-refractivity contribution in [2.75, 3.05) is 26.2 Å². The van der Waals surface area contributed by atoms with Gasteiger partial charge in [-0.15, -0.1) is 0 Å². The van der Waals surface area contributed by atoms with Crippen LogP contribution in [-0.2, 0) is 0 Å². The Kier molecular flexibility index (Phi) is 2.16. The highest BCUT2D eigenvalue weighted by atomic mass is 15.3. The summed E-state index contributed by atoms with van der Waals surface area (Å²) in [5.74, 6) is 0. The number of nitrogens with one attached hydrogen (secondary N) is 1. The topological polar surface area (TPSA) is 15.3 Å². The monoisotopic (exact) mass is 182 g/mol. The summed E-state index contributed by atoms with van der Waals surface area (Å²) in [6.07, 6.45) is 2.83. The van der Waals surface area contributed by atoms with E-state index in [1.807, 2.05) is 0 Å². The number of piperazine rings is 1. The molecule has 1 spiro atoms. The van der Waals surface area contributed by atoms with Crippen molar-refractivity contribution in [3.8, 4) is 0 Å². The standard InChI is InChI=1S/C11H22N2/c1-10(2,3)9-13-7-6-12-8-11(13)4-5-11/h12H,4-9H2,1-3H3. The Balaban J connectivity index is 1.97. The van der Waals surface area contributed by atoms with E-state index in [9.17, 15) is 0 Å². The predicted octanol–water partition coefficient (Wildman–Crippen LogP) is 1.47. The van der Waals surface area contributed by atoms with Crippen molar-refractivity contribution < 1.29 is 0 Å². The lowest BCUT2D eigenvalue weighted by molar-refractivity contribution is 0.0981. The molecule has 1 saturated heterocycles. The Labute approximate surface area is 81.7 Å². The van der Waals surface area contributed by atoms with E-state index < -0.39 is 0 Å². The molecule has 0 bridgehead atoms. The van der Waals surface area contributed by atoms with Gasteiger partial charge in [-0.1, -0.05) is 20.8 Å². The summed E-state index contributed by atoms with van der Waals surface area (Å²) in [7, 11) is 0. The average molecular weight is 182 g/mol. The smallest absolute Gasteiger partial charge is 0.0336 e. The summed E-state index contributed by atoms with van der Waals surface area (Å²) >= 11 is 0. The summed E-state index contributed by atoms with van der Waals surface area (Å²) in [5.41, 5.74) is 1.03. The van der Waals surface area contributed by atoms with E-state index in [0.29, 0.717) is 11.0 Å². The van der Waals surface area contributed by atoms with Gasteiger partial charge in [0, 0.05) is 31.7 Å². The second-order valence-corrected chi connectivity index (χ2v) is 5.88. The Bertz CT molecular complexity index is 189.